The van der Waals surface area contributed by atoms with Gasteiger partial charge in [-0.3, -0.25) is 47.7 Å². The summed E-state index contributed by atoms with van der Waals surface area (Å²) in [5.74, 6) is 3.95. The van der Waals surface area contributed by atoms with Crippen LogP contribution in [0, 0.1) is 22.0 Å². The number of rotatable bonds is 19. The van der Waals surface area contributed by atoms with Gasteiger partial charge in [0.25, 0.3) is 17.2 Å². The Morgan fingerprint density at radius 1 is 1.08 bits per heavy atom. The van der Waals surface area contributed by atoms with Gasteiger partial charge in [0, 0.05) is 52.6 Å². The van der Waals surface area contributed by atoms with Gasteiger partial charge >= 0.3 is 34.6 Å². The SMILES string of the molecule is COc1cc(C(C)OC(=O)NCC#Cc2cn([C@H]3CC(O)[C@@H](COP(C)(=O)OP(C)(=O)OP(C)(=O)O)O3)c(=O)[nH]c2=O)c([N+](=O)[O-])cc1OCC(=O)NCCNC(C)=O. The molecule has 0 saturated carbocycles. The summed E-state index contributed by atoms with van der Waals surface area (Å²) in [4.78, 5) is 83.2. The average Bonchev–Trinajstić information content (AvgIpc) is 3.48. The van der Waals surface area contributed by atoms with Gasteiger partial charge in [-0.05, 0) is 13.0 Å². The lowest BCUT2D eigenvalue weighted by Crippen LogP contribution is -2.36. The third-order valence-corrected chi connectivity index (χ3v) is 12.9. The van der Waals surface area contributed by atoms with E-state index in [4.69, 9.17) is 27.8 Å². The molecule has 0 bridgehead atoms. The van der Waals surface area contributed by atoms with E-state index in [1.807, 2.05) is 4.98 Å². The van der Waals surface area contributed by atoms with E-state index in [2.05, 4.69) is 32.1 Å². The van der Waals surface area contributed by atoms with E-state index in [9.17, 15) is 57.8 Å². The number of nitrogens with one attached hydrogen (secondary N) is 4. The minimum atomic E-state index is -4.32. The Balaban J connectivity index is 1.61. The lowest BCUT2D eigenvalue weighted by Gasteiger charge is -2.22. The first kappa shape index (κ1) is 48.5. The van der Waals surface area contributed by atoms with Gasteiger partial charge < -0.3 is 49.4 Å². The van der Waals surface area contributed by atoms with Crippen molar-refractivity contribution in [1.82, 2.24) is 25.5 Å². The molecule has 7 atom stereocenters. The fraction of sp³-hybridized carbons (Fsp3) is 0.516. The zero-order valence-electron chi connectivity index (χ0n) is 32.4. The van der Waals surface area contributed by atoms with Crippen LogP contribution in [0.2, 0.25) is 0 Å². The zero-order valence-corrected chi connectivity index (χ0v) is 35.0. The first-order chi connectivity index (χ1) is 27.4. The van der Waals surface area contributed by atoms with E-state index in [0.29, 0.717) is 0 Å². The van der Waals surface area contributed by atoms with Gasteiger partial charge in [0.2, 0.25) is 5.91 Å². The highest BCUT2D eigenvalue weighted by Crippen LogP contribution is 2.67. The molecular weight excluding hydrogens is 853 g/mol. The van der Waals surface area contributed by atoms with Crippen LogP contribution in [0.25, 0.3) is 0 Å². The van der Waals surface area contributed by atoms with E-state index in [1.54, 1.807) is 0 Å². The largest absolute Gasteiger partial charge is 0.493 e. The molecule has 6 N–H and O–H groups in total. The number of hydrogen-bond acceptors (Lipinski definition) is 18. The molecule has 59 heavy (non-hydrogen) atoms. The van der Waals surface area contributed by atoms with Crippen molar-refractivity contribution in [2.45, 2.75) is 44.8 Å². The maximum absolute atomic E-state index is 12.7. The number of aromatic amines is 1. The molecular formula is C31H43N6O19P3. The van der Waals surface area contributed by atoms with Gasteiger partial charge in [-0.2, -0.15) is 0 Å². The van der Waals surface area contributed by atoms with Crippen LogP contribution in [0.15, 0.2) is 27.9 Å². The van der Waals surface area contributed by atoms with Crippen LogP contribution >= 0.6 is 22.8 Å². The highest BCUT2D eigenvalue weighted by Gasteiger charge is 2.39. The molecule has 25 nitrogen and oxygen atoms in total. The summed E-state index contributed by atoms with van der Waals surface area (Å²) in [5.41, 5.74) is -2.72. The molecule has 2 aromatic rings. The summed E-state index contributed by atoms with van der Waals surface area (Å²) in [7, 11) is -11.6. The van der Waals surface area contributed by atoms with Crippen molar-refractivity contribution in [3.8, 4) is 23.3 Å². The van der Waals surface area contributed by atoms with Gasteiger partial charge in [-0.15, -0.1) is 0 Å². The molecule has 0 aliphatic carbocycles. The van der Waals surface area contributed by atoms with Gasteiger partial charge in [0.1, 0.15) is 24.0 Å². The number of amides is 3. The van der Waals surface area contributed by atoms with Crippen molar-refractivity contribution in [1.29, 1.82) is 0 Å². The summed E-state index contributed by atoms with van der Waals surface area (Å²) in [6.07, 6.45) is -5.18. The van der Waals surface area contributed by atoms with Crippen LogP contribution < -0.4 is 36.7 Å². The number of carbonyl (C=O) groups is 3. The number of nitrogens with zero attached hydrogens (tertiary/aromatic N) is 2. The number of alkyl carbamates (subject to hydrolysis) is 1. The lowest BCUT2D eigenvalue weighted by atomic mass is 10.1. The Morgan fingerprint density at radius 3 is 2.39 bits per heavy atom. The number of aliphatic hydroxyl groups excluding tert-OH is 1. The quantitative estimate of drug-likeness (QED) is 0.0378. The standard InChI is InChI=1S/C31H43N6O19P3/c1-18(21-12-24(50-3)25(13-22(21)37(44)45)51-17-27(40)33-11-10-32-19(2)38)53-31(43)34-9-7-8-20-15-36(30(42)35-29(20)41)28-14-23(39)26(54-28)16-52-58(5,48)56-59(6,49)55-57(4,46)47/h12-13,15,18,23,26,28,39H,9-11,14,16-17H2,1-6H3,(H,32,38)(H,33,40)(H,34,43)(H,46,47)(H,35,41,42)/t18?,23?,26-,28-,58?,59?/m1/s1. The topological polar surface area (TPSA) is 342 Å². The van der Waals surface area contributed by atoms with Crippen molar-refractivity contribution in [3.05, 3.63) is 60.4 Å². The molecule has 326 valence electrons. The van der Waals surface area contributed by atoms with E-state index in [-0.39, 0.29) is 48.0 Å². The first-order valence-corrected chi connectivity index (χ1v) is 23.1. The number of benzene rings is 1. The second-order valence-corrected chi connectivity index (χ2v) is 18.8. The monoisotopic (exact) mass is 896 g/mol. The second kappa shape index (κ2) is 20.9. The molecule has 1 aliphatic rings. The summed E-state index contributed by atoms with van der Waals surface area (Å²) in [6, 6.07) is 2.20. The number of ether oxygens (including phenoxy) is 4. The number of carbonyl (C=O) groups excluding carboxylic acids is 3. The molecule has 0 spiro atoms. The summed E-state index contributed by atoms with van der Waals surface area (Å²) >= 11 is 0. The maximum Gasteiger partial charge on any atom is 0.408 e. The summed E-state index contributed by atoms with van der Waals surface area (Å²) in [6.45, 7) is 3.86. The fourth-order valence-electron chi connectivity index (χ4n) is 5.09. The third kappa shape index (κ3) is 15.7. The van der Waals surface area contributed by atoms with Crippen LogP contribution in [-0.4, -0.2) is 115 Å². The van der Waals surface area contributed by atoms with Gasteiger partial charge in [-0.25, -0.2) is 18.2 Å². The van der Waals surface area contributed by atoms with Gasteiger partial charge in [0.05, 0.1) is 42.9 Å². The van der Waals surface area contributed by atoms with Crippen LogP contribution in [0.1, 0.15) is 43.7 Å². The fourth-order valence-corrected chi connectivity index (χ4v) is 10.4. The van der Waals surface area contributed by atoms with E-state index >= 15 is 0 Å². The van der Waals surface area contributed by atoms with E-state index < -0.39 is 101 Å². The highest BCUT2D eigenvalue weighted by molar-refractivity contribution is 7.71. The van der Waals surface area contributed by atoms with Crippen LogP contribution in [-0.2, 0) is 45.9 Å². The number of H-pyrrole nitrogens is 1. The summed E-state index contributed by atoms with van der Waals surface area (Å²) < 4.78 is 73.4. The minimum Gasteiger partial charge on any atom is -0.493 e. The van der Waals surface area contributed by atoms with Crippen LogP contribution in [0.5, 0.6) is 11.5 Å². The van der Waals surface area contributed by atoms with Crippen molar-refractivity contribution in [3.63, 3.8) is 0 Å². The summed E-state index contributed by atoms with van der Waals surface area (Å²) in [5, 5.41) is 29.7. The highest BCUT2D eigenvalue weighted by atomic mass is 31.3. The molecule has 1 aromatic heterocycles. The first-order valence-electron chi connectivity index (χ1n) is 17.1. The predicted molar refractivity (Wildman–Crippen MR) is 203 cm³/mol. The Labute approximate surface area is 335 Å². The average molecular weight is 897 g/mol. The number of nitro benzene ring substituents is 1. The molecule has 1 saturated heterocycles. The van der Waals surface area contributed by atoms with Crippen molar-refractivity contribution in [2.75, 3.05) is 60.0 Å². The van der Waals surface area contributed by atoms with Crippen molar-refractivity contribution in [2.24, 2.45) is 0 Å². The van der Waals surface area contributed by atoms with E-state index in [0.717, 1.165) is 36.8 Å². The smallest absolute Gasteiger partial charge is 0.408 e. The Bertz CT molecular complexity index is 2230. The molecule has 1 fully saturated rings. The van der Waals surface area contributed by atoms with Crippen LogP contribution in [0.3, 0.4) is 0 Å². The molecule has 1 aliphatic heterocycles. The number of nitro groups is 1. The van der Waals surface area contributed by atoms with Crippen LogP contribution in [0.4, 0.5) is 10.5 Å². The number of methoxy groups -OCH3 is 1. The second-order valence-electron chi connectivity index (χ2n) is 12.6. The molecule has 3 rings (SSSR count). The number of hydrogen-bond donors (Lipinski definition) is 6. The zero-order chi connectivity index (χ0) is 44.3. The van der Waals surface area contributed by atoms with Crippen molar-refractivity contribution >= 4 is 46.4 Å². The van der Waals surface area contributed by atoms with Crippen molar-refractivity contribution < 1.29 is 75.1 Å². The Kier molecular flexibility index (Phi) is 17.2. The predicted octanol–water partition coefficient (Wildman–Crippen LogP) is 1.08. The Morgan fingerprint density at radius 2 is 1.76 bits per heavy atom. The molecule has 1 aromatic carbocycles. The number of aromatic nitrogens is 2. The molecule has 3 amide bonds. The third-order valence-electron chi connectivity index (χ3n) is 7.51. The van der Waals surface area contributed by atoms with Gasteiger partial charge in [0.15, 0.2) is 18.1 Å². The molecule has 28 heteroatoms. The maximum atomic E-state index is 12.7. The van der Waals surface area contributed by atoms with Gasteiger partial charge in [-0.1, -0.05) is 11.8 Å². The minimum absolute atomic E-state index is 0.0154. The molecule has 2 heterocycles. The number of aliphatic hydroxyl groups is 1. The lowest BCUT2D eigenvalue weighted by molar-refractivity contribution is -0.386. The Hall–Kier alpha value is -4.88. The molecule has 0 radical (unpaired) electrons. The molecule has 5 unspecified atom stereocenters. The van der Waals surface area contributed by atoms with E-state index in [1.165, 1.54) is 27.0 Å². The normalized spacial score (nSPS) is 19.6.